The normalized spacial score (nSPS) is 12.9. The Kier molecular flexibility index (Phi) is 6.22. The molecule has 0 aliphatic heterocycles. The average Bonchev–Trinajstić information content (AvgIpc) is 2.15. The number of rotatable bonds is 4. The molecule has 3 amide bonds. The number of nitrogens with one attached hydrogen (secondary N) is 2. The second-order valence-corrected chi connectivity index (χ2v) is 5.18. The van der Waals surface area contributed by atoms with Gasteiger partial charge in [-0.2, -0.15) is 0 Å². The van der Waals surface area contributed by atoms with Gasteiger partial charge in [-0.1, -0.05) is 23.2 Å². The molecule has 0 radical (unpaired) electrons. The van der Waals surface area contributed by atoms with Gasteiger partial charge in [-0.15, -0.1) is 11.6 Å². The highest BCUT2D eigenvalue weighted by Gasteiger charge is 2.36. The van der Waals surface area contributed by atoms with E-state index < -0.39 is 16.5 Å². The first-order valence-electron chi connectivity index (χ1n) is 4.39. The summed E-state index contributed by atoms with van der Waals surface area (Å²) in [5.41, 5.74) is 0. The first-order valence-corrected chi connectivity index (χ1v) is 5.68. The van der Waals surface area contributed by atoms with Crippen LogP contribution in [-0.2, 0) is 4.79 Å². The summed E-state index contributed by atoms with van der Waals surface area (Å²) in [6, 6.07) is -0.436. The summed E-state index contributed by atoms with van der Waals surface area (Å²) in [4.78, 5) is 23.6. The number of alkyl halides is 3. The minimum absolute atomic E-state index is 0.144. The maximum Gasteiger partial charge on any atom is 0.318 e. The van der Waals surface area contributed by atoms with Crippen molar-refractivity contribution in [3.8, 4) is 0 Å². The maximum absolute atomic E-state index is 11.4. The van der Waals surface area contributed by atoms with Gasteiger partial charge in [0.25, 0.3) is 0 Å². The predicted octanol–water partition coefficient (Wildman–Crippen LogP) is 1.13. The van der Waals surface area contributed by atoms with E-state index >= 15 is 0 Å². The van der Waals surface area contributed by atoms with E-state index in [2.05, 4.69) is 10.6 Å². The molecule has 0 aromatic rings. The van der Waals surface area contributed by atoms with Crippen LogP contribution in [0.3, 0.4) is 0 Å². The average molecular weight is 291 g/mol. The molecule has 0 rings (SSSR count). The number of urea groups is 1. The summed E-state index contributed by atoms with van der Waals surface area (Å²) in [5.74, 6) is -0.519. The predicted molar refractivity (Wildman–Crippen MR) is 65.0 cm³/mol. The number of carbonyl (C=O) groups is 2. The molecule has 1 atom stereocenters. The van der Waals surface area contributed by atoms with Crippen LogP contribution in [0.25, 0.3) is 0 Å². The molecule has 0 saturated heterocycles. The molecule has 0 bridgehead atoms. The van der Waals surface area contributed by atoms with E-state index in [0.29, 0.717) is 0 Å². The Morgan fingerprint density at radius 3 is 2.12 bits per heavy atom. The van der Waals surface area contributed by atoms with Crippen molar-refractivity contribution >= 4 is 46.7 Å². The SMILES string of the molecule is CC(=O)NC(NC(=O)N(C)C)C(Cl)(Cl)CCl. The second-order valence-electron chi connectivity index (χ2n) is 3.37. The van der Waals surface area contributed by atoms with Crippen molar-refractivity contribution in [3.63, 3.8) is 0 Å². The Labute approximate surface area is 109 Å². The standard InChI is InChI=1S/C8H14Cl3N3O2/c1-5(15)12-6(8(10,11)4-9)13-7(16)14(2)3/h6H,4H2,1-3H3,(H,12,15)(H,13,16). The van der Waals surface area contributed by atoms with E-state index in [4.69, 9.17) is 34.8 Å². The van der Waals surface area contributed by atoms with E-state index in [-0.39, 0.29) is 11.8 Å². The molecule has 8 heteroatoms. The number of amides is 3. The van der Waals surface area contributed by atoms with Gasteiger partial charge in [-0.25, -0.2) is 4.79 Å². The molecule has 0 fully saturated rings. The van der Waals surface area contributed by atoms with Crippen LogP contribution >= 0.6 is 34.8 Å². The zero-order valence-electron chi connectivity index (χ0n) is 9.18. The van der Waals surface area contributed by atoms with Crippen LogP contribution in [0, 0.1) is 0 Å². The summed E-state index contributed by atoms with van der Waals surface area (Å²) < 4.78 is -1.47. The van der Waals surface area contributed by atoms with Crippen molar-refractivity contribution in [3.05, 3.63) is 0 Å². The Balaban J connectivity index is 4.68. The second kappa shape index (κ2) is 6.37. The summed E-state index contributed by atoms with van der Waals surface area (Å²) >= 11 is 17.3. The molecule has 0 spiro atoms. The molecule has 0 aromatic heterocycles. The molecule has 0 aliphatic rings. The summed E-state index contributed by atoms with van der Waals surface area (Å²) in [7, 11) is 3.09. The van der Waals surface area contributed by atoms with Crippen molar-refractivity contribution in [2.75, 3.05) is 20.0 Å². The lowest BCUT2D eigenvalue weighted by molar-refractivity contribution is -0.119. The van der Waals surface area contributed by atoms with Gasteiger partial charge in [-0.3, -0.25) is 4.79 Å². The number of nitrogens with zero attached hydrogens (tertiary/aromatic N) is 1. The zero-order chi connectivity index (χ0) is 12.9. The first kappa shape index (κ1) is 15.6. The van der Waals surface area contributed by atoms with Crippen LogP contribution in [0.4, 0.5) is 4.79 Å². The molecule has 94 valence electrons. The third-order valence-electron chi connectivity index (χ3n) is 1.62. The number of halogens is 3. The maximum atomic E-state index is 11.4. The van der Waals surface area contributed by atoms with Gasteiger partial charge in [0, 0.05) is 21.0 Å². The Bertz CT molecular complexity index is 271. The highest BCUT2D eigenvalue weighted by molar-refractivity contribution is 6.52. The van der Waals surface area contributed by atoms with Gasteiger partial charge in [0.1, 0.15) is 6.17 Å². The molecule has 16 heavy (non-hydrogen) atoms. The Hall–Kier alpha value is -0.390. The fourth-order valence-corrected chi connectivity index (χ4v) is 1.15. The van der Waals surface area contributed by atoms with Gasteiger partial charge in [0.15, 0.2) is 4.33 Å². The summed E-state index contributed by atoms with van der Waals surface area (Å²) in [5, 5.41) is 4.86. The minimum Gasteiger partial charge on any atom is -0.333 e. The van der Waals surface area contributed by atoms with E-state index in [1.54, 1.807) is 14.1 Å². The van der Waals surface area contributed by atoms with Gasteiger partial charge in [-0.05, 0) is 0 Å². The highest BCUT2D eigenvalue weighted by Crippen LogP contribution is 2.25. The van der Waals surface area contributed by atoms with Crippen LogP contribution < -0.4 is 10.6 Å². The molecular formula is C8H14Cl3N3O2. The Morgan fingerprint density at radius 2 is 1.81 bits per heavy atom. The fourth-order valence-electron chi connectivity index (χ4n) is 0.780. The molecular weight excluding hydrogens is 276 g/mol. The number of hydrogen-bond donors (Lipinski definition) is 2. The van der Waals surface area contributed by atoms with Crippen molar-refractivity contribution in [2.45, 2.75) is 17.4 Å². The molecule has 0 aromatic carbocycles. The van der Waals surface area contributed by atoms with E-state index in [1.807, 2.05) is 0 Å². The minimum atomic E-state index is -1.47. The smallest absolute Gasteiger partial charge is 0.318 e. The lowest BCUT2D eigenvalue weighted by atomic mass is 10.3. The lowest BCUT2D eigenvalue weighted by Gasteiger charge is -2.30. The van der Waals surface area contributed by atoms with Crippen LogP contribution in [-0.4, -0.2) is 47.3 Å². The van der Waals surface area contributed by atoms with Gasteiger partial charge in [0.2, 0.25) is 5.91 Å². The molecule has 2 N–H and O–H groups in total. The van der Waals surface area contributed by atoms with Crippen molar-refractivity contribution in [2.24, 2.45) is 0 Å². The van der Waals surface area contributed by atoms with Crippen LogP contribution in [0.1, 0.15) is 6.92 Å². The van der Waals surface area contributed by atoms with Crippen LogP contribution in [0.2, 0.25) is 0 Å². The third kappa shape index (κ3) is 5.09. The quantitative estimate of drug-likeness (QED) is 0.602. The zero-order valence-corrected chi connectivity index (χ0v) is 11.4. The first-order chi connectivity index (χ1) is 7.20. The van der Waals surface area contributed by atoms with Crippen LogP contribution in [0.5, 0.6) is 0 Å². The molecule has 1 unspecified atom stereocenters. The molecule has 0 heterocycles. The topological polar surface area (TPSA) is 61.4 Å². The van der Waals surface area contributed by atoms with Crippen LogP contribution in [0.15, 0.2) is 0 Å². The van der Waals surface area contributed by atoms with Gasteiger partial charge < -0.3 is 15.5 Å². The monoisotopic (exact) mass is 289 g/mol. The van der Waals surface area contributed by atoms with Crippen molar-refractivity contribution in [1.29, 1.82) is 0 Å². The fraction of sp³-hybridized carbons (Fsp3) is 0.750. The third-order valence-corrected chi connectivity index (χ3v) is 3.02. The van der Waals surface area contributed by atoms with E-state index in [9.17, 15) is 9.59 Å². The lowest BCUT2D eigenvalue weighted by Crippen LogP contribution is -2.59. The summed E-state index contributed by atoms with van der Waals surface area (Å²) in [6.07, 6.45) is -0.958. The number of hydrogen-bond acceptors (Lipinski definition) is 2. The van der Waals surface area contributed by atoms with E-state index in [1.165, 1.54) is 11.8 Å². The molecule has 5 nitrogen and oxygen atoms in total. The largest absolute Gasteiger partial charge is 0.333 e. The highest BCUT2D eigenvalue weighted by atomic mass is 35.5. The Morgan fingerprint density at radius 1 is 1.31 bits per heavy atom. The van der Waals surface area contributed by atoms with Crippen molar-refractivity contribution < 1.29 is 9.59 Å². The van der Waals surface area contributed by atoms with Gasteiger partial charge in [0.05, 0.1) is 5.88 Å². The molecule has 0 saturated carbocycles. The van der Waals surface area contributed by atoms with Gasteiger partial charge >= 0.3 is 6.03 Å². The van der Waals surface area contributed by atoms with E-state index in [0.717, 1.165) is 0 Å². The van der Waals surface area contributed by atoms with Crippen molar-refractivity contribution in [1.82, 2.24) is 15.5 Å². The summed E-state index contributed by atoms with van der Waals surface area (Å²) in [6.45, 7) is 1.28. The molecule has 0 aliphatic carbocycles. The number of carbonyl (C=O) groups excluding carboxylic acids is 2.